The third-order valence-electron chi connectivity index (χ3n) is 1.50. The number of rotatable bonds is 1. The van der Waals surface area contributed by atoms with Gasteiger partial charge in [0, 0.05) is 7.05 Å². The molecule has 1 aromatic rings. The van der Waals surface area contributed by atoms with E-state index in [1.807, 2.05) is 6.07 Å². The molecule has 0 atom stereocenters. The molecule has 5 nitrogen and oxygen atoms in total. The third-order valence-corrected chi connectivity index (χ3v) is 1.50. The summed E-state index contributed by atoms with van der Waals surface area (Å²) in [5.74, 6) is -0.452. The second-order valence-electron chi connectivity index (χ2n) is 2.47. The van der Waals surface area contributed by atoms with Crippen molar-refractivity contribution in [3.63, 3.8) is 0 Å². The molecule has 1 aromatic carbocycles. The maximum Gasteiger partial charge on any atom is 0.362 e. The van der Waals surface area contributed by atoms with Gasteiger partial charge < -0.3 is 10.6 Å². The molecule has 0 saturated carbocycles. The SMILES string of the molecule is CN=C(N)NOC(=O)c1ccccc1. The normalized spacial score (nSPS) is 10.8. The Bertz CT molecular complexity index is 335. The van der Waals surface area contributed by atoms with E-state index in [-0.39, 0.29) is 5.96 Å². The van der Waals surface area contributed by atoms with Crippen LogP contribution in [0.25, 0.3) is 0 Å². The van der Waals surface area contributed by atoms with E-state index in [0.717, 1.165) is 0 Å². The van der Waals surface area contributed by atoms with E-state index in [2.05, 4.69) is 15.3 Å². The molecule has 3 N–H and O–H groups in total. The Morgan fingerprint density at radius 3 is 2.64 bits per heavy atom. The quantitative estimate of drug-likeness (QED) is 0.382. The number of hydrogen-bond donors (Lipinski definition) is 2. The lowest BCUT2D eigenvalue weighted by molar-refractivity contribution is 0.0384. The van der Waals surface area contributed by atoms with Gasteiger partial charge in [0.15, 0.2) is 0 Å². The van der Waals surface area contributed by atoms with Crippen molar-refractivity contribution in [3.05, 3.63) is 35.9 Å². The van der Waals surface area contributed by atoms with Gasteiger partial charge in [-0.2, -0.15) is 5.48 Å². The number of aliphatic imine (C=N–C) groups is 1. The van der Waals surface area contributed by atoms with Crippen LogP contribution in [0.4, 0.5) is 0 Å². The van der Waals surface area contributed by atoms with Crippen molar-refractivity contribution in [2.24, 2.45) is 10.7 Å². The van der Waals surface area contributed by atoms with Gasteiger partial charge in [0.25, 0.3) is 0 Å². The zero-order chi connectivity index (χ0) is 10.4. The van der Waals surface area contributed by atoms with Crippen molar-refractivity contribution in [3.8, 4) is 0 Å². The number of benzene rings is 1. The highest BCUT2D eigenvalue weighted by Crippen LogP contribution is 1.99. The predicted molar refractivity (Wildman–Crippen MR) is 52.5 cm³/mol. The van der Waals surface area contributed by atoms with Crippen molar-refractivity contribution < 1.29 is 9.63 Å². The molecule has 5 heteroatoms. The van der Waals surface area contributed by atoms with Crippen LogP contribution in [-0.4, -0.2) is 19.0 Å². The molecule has 0 spiro atoms. The fraction of sp³-hybridized carbons (Fsp3) is 0.111. The molecule has 74 valence electrons. The van der Waals surface area contributed by atoms with Crippen LogP contribution >= 0.6 is 0 Å². The molecule has 0 unspecified atom stereocenters. The molecule has 0 saturated heterocycles. The van der Waals surface area contributed by atoms with Crippen LogP contribution in [0, 0.1) is 0 Å². The van der Waals surface area contributed by atoms with Gasteiger partial charge >= 0.3 is 5.97 Å². The first kappa shape index (κ1) is 10.0. The van der Waals surface area contributed by atoms with E-state index < -0.39 is 5.97 Å². The highest BCUT2D eigenvalue weighted by molar-refractivity contribution is 5.90. The van der Waals surface area contributed by atoms with E-state index in [0.29, 0.717) is 5.56 Å². The molecule has 0 amide bonds. The topological polar surface area (TPSA) is 76.7 Å². The minimum Gasteiger partial charge on any atom is -0.368 e. The second-order valence-corrected chi connectivity index (χ2v) is 2.47. The van der Waals surface area contributed by atoms with E-state index in [1.165, 1.54) is 7.05 Å². The maximum atomic E-state index is 11.3. The van der Waals surface area contributed by atoms with Gasteiger partial charge in [-0.1, -0.05) is 18.2 Å². The molecule has 0 aromatic heterocycles. The fourth-order valence-corrected chi connectivity index (χ4v) is 0.777. The Morgan fingerprint density at radius 1 is 1.43 bits per heavy atom. The predicted octanol–water partition coefficient (Wildman–Crippen LogP) is 0.292. The number of nitrogens with two attached hydrogens (primary N) is 1. The van der Waals surface area contributed by atoms with E-state index >= 15 is 0 Å². The van der Waals surface area contributed by atoms with E-state index in [4.69, 9.17) is 5.73 Å². The van der Waals surface area contributed by atoms with Crippen molar-refractivity contribution in [2.45, 2.75) is 0 Å². The molecule has 0 fully saturated rings. The Labute approximate surface area is 81.5 Å². The van der Waals surface area contributed by atoms with E-state index in [1.54, 1.807) is 24.3 Å². The summed E-state index contributed by atoms with van der Waals surface area (Å²) < 4.78 is 0. The van der Waals surface area contributed by atoms with Gasteiger partial charge in [0.05, 0.1) is 5.56 Å². The molecular weight excluding hydrogens is 182 g/mol. The molecular formula is C9H11N3O2. The van der Waals surface area contributed by atoms with Crippen LogP contribution < -0.4 is 11.2 Å². The summed E-state index contributed by atoms with van der Waals surface area (Å²) in [6, 6.07) is 8.58. The van der Waals surface area contributed by atoms with Crippen molar-refractivity contribution in [2.75, 3.05) is 7.05 Å². The Morgan fingerprint density at radius 2 is 2.07 bits per heavy atom. The largest absolute Gasteiger partial charge is 0.368 e. The van der Waals surface area contributed by atoms with Crippen molar-refractivity contribution in [1.29, 1.82) is 0 Å². The zero-order valence-electron chi connectivity index (χ0n) is 7.73. The van der Waals surface area contributed by atoms with Crippen LogP contribution in [0.15, 0.2) is 35.3 Å². The lowest BCUT2D eigenvalue weighted by Gasteiger charge is -2.04. The lowest BCUT2D eigenvalue weighted by Crippen LogP contribution is -2.33. The Hall–Kier alpha value is -2.04. The standard InChI is InChI=1S/C9H11N3O2/c1-11-9(10)12-14-8(13)7-5-3-2-4-6-7/h2-6H,1H3,(H3,10,11,12). The van der Waals surface area contributed by atoms with Crippen LogP contribution in [0.1, 0.15) is 10.4 Å². The number of nitrogens with zero attached hydrogens (tertiary/aromatic N) is 1. The van der Waals surface area contributed by atoms with Gasteiger partial charge in [-0.25, -0.2) is 4.79 Å². The summed E-state index contributed by atoms with van der Waals surface area (Å²) in [4.78, 5) is 19.5. The van der Waals surface area contributed by atoms with Crippen LogP contribution in [0.2, 0.25) is 0 Å². The first-order valence-corrected chi connectivity index (χ1v) is 3.98. The third kappa shape index (κ3) is 2.78. The lowest BCUT2D eigenvalue weighted by atomic mass is 10.2. The number of carbonyl (C=O) groups is 1. The average molecular weight is 193 g/mol. The highest BCUT2D eigenvalue weighted by Gasteiger charge is 2.05. The smallest absolute Gasteiger partial charge is 0.362 e. The summed E-state index contributed by atoms with van der Waals surface area (Å²) >= 11 is 0. The summed E-state index contributed by atoms with van der Waals surface area (Å²) in [5.41, 5.74) is 7.92. The van der Waals surface area contributed by atoms with Crippen LogP contribution in [0.5, 0.6) is 0 Å². The van der Waals surface area contributed by atoms with Crippen LogP contribution in [-0.2, 0) is 4.84 Å². The number of hydrogen-bond acceptors (Lipinski definition) is 3. The molecule has 14 heavy (non-hydrogen) atoms. The molecule has 0 radical (unpaired) electrons. The maximum absolute atomic E-state index is 11.3. The summed E-state index contributed by atoms with van der Waals surface area (Å²) in [6.07, 6.45) is 0. The Balaban J connectivity index is 2.52. The first-order valence-electron chi connectivity index (χ1n) is 3.98. The minimum atomic E-state index is -0.503. The van der Waals surface area contributed by atoms with Crippen molar-refractivity contribution in [1.82, 2.24) is 5.48 Å². The number of hydroxylamine groups is 1. The average Bonchev–Trinajstić information content (AvgIpc) is 2.26. The van der Waals surface area contributed by atoms with Crippen LogP contribution in [0.3, 0.4) is 0 Å². The minimum absolute atomic E-state index is 0.0503. The summed E-state index contributed by atoms with van der Waals surface area (Å²) in [5, 5.41) is 0. The first-order chi connectivity index (χ1) is 6.74. The Kier molecular flexibility index (Phi) is 3.49. The highest BCUT2D eigenvalue weighted by atomic mass is 16.7. The second kappa shape index (κ2) is 4.86. The molecule has 0 heterocycles. The molecule has 1 rings (SSSR count). The summed E-state index contributed by atoms with van der Waals surface area (Å²) in [7, 11) is 1.48. The molecule has 0 aliphatic carbocycles. The number of guanidine groups is 1. The van der Waals surface area contributed by atoms with Gasteiger partial charge in [-0.15, -0.1) is 0 Å². The zero-order valence-corrected chi connectivity index (χ0v) is 7.73. The monoisotopic (exact) mass is 193 g/mol. The molecule has 0 bridgehead atoms. The number of carbonyl (C=O) groups excluding carboxylic acids is 1. The van der Waals surface area contributed by atoms with Gasteiger partial charge in [0.1, 0.15) is 0 Å². The molecule has 0 aliphatic heterocycles. The fourth-order valence-electron chi connectivity index (χ4n) is 0.777. The van der Waals surface area contributed by atoms with Gasteiger partial charge in [-0.3, -0.25) is 4.99 Å². The van der Waals surface area contributed by atoms with E-state index in [9.17, 15) is 4.79 Å². The summed E-state index contributed by atoms with van der Waals surface area (Å²) in [6.45, 7) is 0. The number of nitrogens with one attached hydrogen (secondary N) is 1. The molecule has 0 aliphatic rings. The van der Waals surface area contributed by atoms with Gasteiger partial charge in [-0.05, 0) is 12.1 Å². The van der Waals surface area contributed by atoms with Crippen molar-refractivity contribution >= 4 is 11.9 Å². The van der Waals surface area contributed by atoms with Gasteiger partial charge in [0.2, 0.25) is 5.96 Å².